The van der Waals surface area contributed by atoms with Gasteiger partial charge in [-0.3, -0.25) is 9.78 Å². The Morgan fingerprint density at radius 3 is 2.76 bits per heavy atom. The molecule has 3 heterocycles. The van der Waals surface area contributed by atoms with Gasteiger partial charge in [-0.1, -0.05) is 6.07 Å². The highest BCUT2D eigenvalue weighted by atomic mass is 16.5. The van der Waals surface area contributed by atoms with Crippen LogP contribution in [0.25, 0.3) is 33.6 Å². The summed E-state index contributed by atoms with van der Waals surface area (Å²) in [4.78, 5) is 18.4. The van der Waals surface area contributed by atoms with Crippen LogP contribution < -0.4 is 10.1 Å². The molecule has 1 unspecified atom stereocenters. The molecule has 0 bridgehead atoms. The summed E-state index contributed by atoms with van der Waals surface area (Å²) in [6.45, 7) is 1.43. The number of fused-ring (bicyclic) bond motifs is 1. The normalized spacial score (nSPS) is 15.2. The Morgan fingerprint density at radius 2 is 2.03 bits per heavy atom. The minimum absolute atomic E-state index is 0.111. The number of hydrogen-bond acceptors (Lipinski definition) is 7. The number of pyridine rings is 1. The molecule has 0 spiro atoms. The van der Waals surface area contributed by atoms with Crippen molar-refractivity contribution < 1.29 is 18.7 Å². The van der Waals surface area contributed by atoms with E-state index in [9.17, 15) is 10.1 Å². The number of rotatable bonds is 6. The van der Waals surface area contributed by atoms with E-state index < -0.39 is 0 Å². The molecule has 37 heavy (non-hydrogen) atoms. The molecule has 1 saturated heterocycles. The number of anilines is 1. The number of nitrogens with zero attached hydrogens (tertiary/aromatic N) is 3. The molecule has 1 atom stereocenters. The first-order valence-electron chi connectivity index (χ1n) is 12.2. The van der Waals surface area contributed by atoms with E-state index in [2.05, 4.69) is 16.4 Å². The van der Waals surface area contributed by atoms with Crippen LogP contribution in [-0.2, 0) is 4.74 Å². The van der Waals surface area contributed by atoms with E-state index in [1.54, 1.807) is 39.5 Å². The van der Waals surface area contributed by atoms with Crippen LogP contribution in [0.5, 0.6) is 5.75 Å². The van der Waals surface area contributed by atoms with Crippen LogP contribution in [0.3, 0.4) is 0 Å². The number of methoxy groups -OCH3 is 1. The van der Waals surface area contributed by atoms with Crippen molar-refractivity contribution in [2.45, 2.75) is 18.9 Å². The Kier molecular flexibility index (Phi) is 6.80. The topological polar surface area (TPSA) is 101 Å². The fourth-order valence-corrected chi connectivity index (χ4v) is 4.59. The maximum Gasteiger partial charge on any atom is 0.253 e. The summed E-state index contributed by atoms with van der Waals surface area (Å²) >= 11 is 0. The average Bonchev–Trinajstić information content (AvgIpc) is 3.37. The highest BCUT2D eigenvalue weighted by Gasteiger charge is 2.19. The molecule has 0 saturated carbocycles. The zero-order valence-electron chi connectivity index (χ0n) is 21.1. The monoisotopic (exact) mass is 496 g/mol. The molecule has 1 aliphatic heterocycles. The molecule has 0 radical (unpaired) electrons. The van der Waals surface area contributed by atoms with E-state index in [-0.39, 0.29) is 11.9 Å². The lowest BCUT2D eigenvalue weighted by atomic mass is 10.0. The summed E-state index contributed by atoms with van der Waals surface area (Å²) < 4.78 is 17.4. The van der Waals surface area contributed by atoms with Gasteiger partial charge in [0.25, 0.3) is 5.91 Å². The van der Waals surface area contributed by atoms with Crippen LogP contribution in [-0.4, -0.2) is 56.3 Å². The van der Waals surface area contributed by atoms with Crippen LogP contribution in [0.15, 0.2) is 59.1 Å². The minimum Gasteiger partial charge on any atom is -0.496 e. The third-order valence-corrected chi connectivity index (χ3v) is 6.50. The number of benzene rings is 2. The van der Waals surface area contributed by atoms with Crippen molar-refractivity contribution in [3.8, 4) is 34.3 Å². The van der Waals surface area contributed by atoms with Crippen LogP contribution >= 0.6 is 0 Å². The number of aromatic nitrogens is 1. The number of nitriles is 1. The van der Waals surface area contributed by atoms with Crippen molar-refractivity contribution in [3.63, 3.8) is 0 Å². The lowest BCUT2D eigenvalue weighted by Gasteiger charge is -2.24. The number of carbonyl (C=O) groups is 1. The maximum absolute atomic E-state index is 12.4. The second kappa shape index (κ2) is 10.3. The third kappa shape index (κ3) is 4.86. The Balaban J connectivity index is 1.51. The highest BCUT2D eigenvalue weighted by Crippen LogP contribution is 2.38. The number of carbonyl (C=O) groups excluding carboxylic acids is 1. The summed E-state index contributed by atoms with van der Waals surface area (Å²) in [5.41, 5.74) is 5.58. The number of ether oxygens (including phenoxy) is 2. The summed E-state index contributed by atoms with van der Waals surface area (Å²) in [7, 11) is 4.98. The van der Waals surface area contributed by atoms with Crippen molar-refractivity contribution in [1.29, 1.82) is 5.26 Å². The van der Waals surface area contributed by atoms with E-state index in [4.69, 9.17) is 13.9 Å². The molecule has 0 aliphatic carbocycles. The van der Waals surface area contributed by atoms with Gasteiger partial charge in [-0.05, 0) is 54.8 Å². The molecule has 2 aromatic heterocycles. The van der Waals surface area contributed by atoms with Crippen molar-refractivity contribution >= 4 is 22.7 Å². The van der Waals surface area contributed by atoms with Gasteiger partial charge in [0.05, 0.1) is 30.5 Å². The van der Waals surface area contributed by atoms with Crippen LogP contribution in [0.4, 0.5) is 5.69 Å². The molecule has 1 fully saturated rings. The Hall–Kier alpha value is -4.35. The van der Waals surface area contributed by atoms with E-state index in [0.717, 1.165) is 36.3 Å². The van der Waals surface area contributed by atoms with Crippen LogP contribution in [0.1, 0.15) is 28.8 Å². The zero-order chi connectivity index (χ0) is 25.9. The molecule has 188 valence electrons. The largest absolute Gasteiger partial charge is 0.496 e. The molecule has 1 amide bonds. The van der Waals surface area contributed by atoms with Crippen molar-refractivity contribution in [3.05, 3.63) is 65.9 Å². The van der Waals surface area contributed by atoms with Crippen molar-refractivity contribution in [2.24, 2.45) is 0 Å². The SMILES string of the molecule is COc1cc(C(=O)N(C)C)ccc1-c1cc2nccc(-c3ccc(NC4CCCOC4)c(C#N)c3)c2o1. The van der Waals surface area contributed by atoms with Gasteiger partial charge in [-0.2, -0.15) is 5.26 Å². The standard InChI is InChI=1S/C29H28N4O4/c1-33(2)29(34)19-6-8-23(26(14-19)35-3)27-15-25-28(37-27)22(10-11-31-25)18-7-9-24(20(13-18)16-30)32-21-5-4-12-36-17-21/h6-11,13-15,21,32H,4-5,12,17H2,1-3H3. The first-order valence-corrected chi connectivity index (χ1v) is 12.2. The predicted molar refractivity (Wildman–Crippen MR) is 142 cm³/mol. The molecule has 8 nitrogen and oxygen atoms in total. The molecule has 5 rings (SSSR count). The number of nitrogens with one attached hydrogen (secondary N) is 1. The van der Waals surface area contributed by atoms with Gasteiger partial charge in [0.1, 0.15) is 23.1 Å². The number of amides is 1. The first-order chi connectivity index (χ1) is 18.0. The second-order valence-corrected chi connectivity index (χ2v) is 9.23. The van der Waals surface area contributed by atoms with Gasteiger partial charge >= 0.3 is 0 Å². The Morgan fingerprint density at radius 1 is 1.16 bits per heavy atom. The quantitative estimate of drug-likeness (QED) is 0.385. The molecule has 8 heteroatoms. The fraction of sp³-hybridized carbons (Fsp3) is 0.276. The van der Waals surface area contributed by atoms with Crippen LogP contribution in [0, 0.1) is 11.3 Å². The Labute approximate surface area is 215 Å². The molecule has 1 N–H and O–H groups in total. The molecule has 2 aromatic carbocycles. The molecule has 1 aliphatic rings. The summed E-state index contributed by atoms with van der Waals surface area (Å²) in [6.07, 6.45) is 3.75. The summed E-state index contributed by atoms with van der Waals surface area (Å²) in [5, 5.41) is 13.3. The fourth-order valence-electron chi connectivity index (χ4n) is 4.59. The van der Waals surface area contributed by atoms with Gasteiger partial charge in [0, 0.05) is 50.1 Å². The smallest absolute Gasteiger partial charge is 0.253 e. The first kappa shape index (κ1) is 24.3. The second-order valence-electron chi connectivity index (χ2n) is 9.23. The van der Waals surface area contributed by atoms with Gasteiger partial charge in [-0.25, -0.2) is 0 Å². The number of furan rings is 1. The van der Waals surface area contributed by atoms with Gasteiger partial charge in [0.15, 0.2) is 5.58 Å². The zero-order valence-corrected chi connectivity index (χ0v) is 21.1. The lowest BCUT2D eigenvalue weighted by Crippen LogP contribution is -2.30. The van der Waals surface area contributed by atoms with Crippen LogP contribution in [0.2, 0.25) is 0 Å². The number of hydrogen-bond donors (Lipinski definition) is 1. The third-order valence-electron chi connectivity index (χ3n) is 6.50. The maximum atomic E-state index is 12.4. The Bertz CT molecular complexity index is 1500. The molecular formula is C29H28N4O4. The van der Waals surface area contributed by atoms with E-state index in [1.165, 1.54) is 4.90 Å². The van der Waals surface area contributed by atoms with Crippen molar-refractivity contribution in [2.75, 3.05) is 39.7 Å². The summed E-state index contributed by atoms with van der Waals surface area (Å²) in [5.74, 6) is 0.995. The van der Waals surface area contributed by atoms with Gasteiger partial charge in [0.2, 0.25) is 0 Å². The van der Waals surface area contributed by atoms with Crippen molar-refractivity contribution in [1.82, 2.24) is 9.88 Å². The van der Waals surface area contributed by atoms with E-state index >= 15 is 0 Å². The lowest BCUT2D eigenvalue weighted by molar-refractivity contribution is 0.0827. The molecular weight excluding hydrogens is 468 g/mol. The molecule has 4 aromatic rings. The minimum atomic E-state index is -0.111. The predicted octanol–water partition coefficient (Wildman–Crippen LogP) is 5.33. The van der Waals surface area contributed by atoms with Gasteiger partial charge < -0.3 is 24.1 Å². The average molecular weight is 497 g/mol. The van der Waals surface area contributed by atoms with E-state index in [1.807, 2.05) is 36.4 Å². The van der Waals surface area contributed by atoms with Gasteiger partial charge in [-0.15, -0.1) is 0 Å². The highest BCUT2D eigenvalue weighted by molar-refractivity contribution is 5.96. The summed E-state index contributed by atoms with van der Waals surface area (Å²) in [6, 6.07) is 17.3. The van der Waals surface area contributed by atoms with E-state index in [0.29, 0.717) is 45.9 Å².